The number of aliphatic hydroxyl groups excluding tert-OH is 1. The quantitative estimate of drug-likeness (QED) is 0.425. The van der Waals surface area contributed by atoms with Crippen molar-refractivity contribution in [1.82, 2.24) is 0 Å². The molecule has 0 saturated heterocycles. The van der Waals surface area contributed by atoms with Crippen LogP contribution < -0.4 is 0 Å². The Balaban J connectivity index is 3.10. The Labute approximate surface area is 95.2 Å². The van der Waals surface area contributed by atoms with E-state index in [0.29, 0.717) is 6.08 Å². The molecule has 0 unspecified atom stereocenters. The second-order valence-corrected chi connectivity index (χ2v) is 3.27. The van der Waals surface area contributed by atoms with Crippen LogP contribution in [-0.2, 0) is 9.59 Å². The molecule has 0 bridgehead atoms. The predicted octanol–water partition coefficient (Wildman–Crippen LogP) is 1.60. The van der Waals surface area contributed by atoms with Crippen molar-refractivity contribution in [2.24, 2.45) is 0 Å². The SMILES string of the molecule is O=C(O)C(=O)/C=C(\O)c1ccc(O)cc1Cl. The van der Waals surface area contributed by atoms with Crippen LogP contribution in [0, 0.1) is 0 Å². The Hall–Kier alpha value is -2.01. The first-order valence-corrected chi connectivity index (χ1v) is 4.46. The fourth-order valence-corrected chi connectivity index (χ4v) is 1.25. The van der Waals surface area contributed by atoms with Gasteiger partial charge in [-0.3, -0.25) is 4.79 Å². The van der Waals surface area contributed by atoms with E-state index in [-0.39, 0.29) is 16.3 Å². The first-order valence-electron chi connectivity index (χ1n) is 4.08. The molecule has 1 aromatic carbocycles. The van der Waals surface area contributed by atoms with Gasteiger partial charge in [0.2, 0.25) is 0 Å². The van der Waals surface area contributed by atoms with Gasteiger partial charge in [-0.25, -0.2) is 4.79 Å². The number of carboxylic acids is 1. The fourth-order valence-electron chi connectivity index (χ4n) is 0.975. The van der Waals surface area contributed by atoms with Crippen LogP contribution in [0.2, 0.25) is 5.02 Å². The number of halogens is 1. The van der Waals surface area contributed by atoms with E-state index in [1.54, 1.807) is 0 Å². The predicted molar refractivity (Wildman–Crippen MR) is 56.4 cm³/mol. The van der Waals surface area contributed by atoms with Gasteiger partial charge < -0.3 is 15.3 Å². The number of carbonyl (C=O) groups is 2. The van der Waals surface area contributed by atoms with E-state index in [0.717, 1.165) is 6.07 Å². The third kappa shape index (κ3) is 2.74. The lowest BCUT2D eigenvalue weighted by Gasteiger charge is -2.02. The molecule has 0 aliphatic rings. The molecule has 0 aliphatic heterocycles. The Morgan fingerprint density at radius 3 is 2.38 bits per heavy atom. The Morgan fingerprint density at radius 1 is 1.25 bits per heavy atom. The minimum atomic E-state index is -1.68. The summed E-state index contributed by atoms with van der Waals surface area (Å²) in [6.45, 7) is 0. The number of phenolic OH excluding ortho intramolecular Hbond substituents is 1. The van der Waals surface area contributed by atoms with Crippen LogP contribution >= 0.6 is 11.6 Å². The zero-order chi connectivity index (χ0) is 12.3. The van der Waals surface area contributed by atoms with Crippen molar-refractivity contribution in [2.75, 3.05) is 0 Å². The van der Waals surface area contributed by atoms with Gasteiger partial charge in [0, 0.05) is 11.6 Å². The molecule has 1 rings (SSSR count). The minimum Gasteiger partial charge on any atom is -0.508 e. The largest absolute Gasteiger partial charge is 0.508 e. The molecule has 0 heterocycles. The molecule has 0 aromatic heterocycles. The van der Waals surface area contributed by atoms with Crippen molar-refractivity contribution >= 4 is 29.1 Å². The molecule has 0 fully saturated rings. The highest BCUT2D eigenvalue weighted by Crippen LogP contribution is 2.26. The maximum atomic E-state index is 10.8. The lowest BCUT2D eigenvalue weighted by molar-refractivity contribution is -0.146. The summed E-state index contributed by atoms with van der Waals surface area (Å²) in [5.74, 6) is -3.62. The number of ketones is 1. The van der Waals surface area contributed by atoms with Crippen molar-refractivity contribution in [3.05, 3.63) is 34.9 Å². The summed E-state index contributed by atoms with van der Waals surface area (Å²) in [5, 5.41) is 26.8. The van der Waals surface area contributed by atoms with Gasteiger partial charge >= 0.3 is 5.97 Å². The number of aliphatic hydroxyl groups is 1. The molecule has 84 valence electrons. The summed E-state index contributed by atoms with van der Waals surface area (Å²) in [6, 6.07) is 3.67. The molecule has 0 saturated carbocycles. The normalized spacial score (nSPS) is 11.2. The maximum absolute atomic E-state index is 10.8. The van der Waals surface area contributed by atoms with Gasteiger partial charge in [-0.1, -0.05) is 11.6 Å². The molecule has 3 N–H and O–H groups in total. The zero-order valence-electron chi connectivity index (χ0n) is 7.85. The first kappa shape index (κ1) is 12.1. The molecule has 0 atom stereocenters. The average Bonchev–Trinajstić information content (AvgIpc) is 2.16. The molecular weight excluding hydrogens is 236 g/mol. The number of carbonyl (C=O) groups excluding carboxylic acids is 1. The van der Waals surface area contributed by atoms with Crippen LogP contribution in [0.4, 0.5) is 0 Å². The highest BCUT2D eigenvalue weighted by atomic mass is 35.5. The molecule has 5 nitrogen and oxygen atoms in total. The zero-order valence-corrected chi connectivity index (χ0v) is 8.60. The van der Waals surface area contributed by atoms with Crippen LogP contribution in [0.15, 0.2) is 24.3 Å². The van der Waals surface area contributed by atoms with Crippen molar-refractivity contribution in [1.29, 1.82) is 0 Å². The van der Waals surface area contributed by atoms with Crippen LogP contribution in [0.1, 0.15) is 5.56 Å². The van der Waals surface area contributed by atoms with E-state index >= 15 is 0 Å². The molecule has 6 heteroatoms. The topological polar surface area (TPSA) is 94.8 Å². The number of rotatable bonds is 3. The lowest BCUT2D eigenvalue weighted by atomic mass is 10.1. The number of carboxylic acid groups (broad SMARTS) is 1. The van der Waals surface area contributed by atoms with E-state index in [2.05, 4.69) is 0 Å². The van der Waals surface area contributed by atoms with Crippen molar-refractivity contribution in [2.45, 2.75) is 0 Å². The Morgan fingerprint density at radius 2 is 1.88 bits per heavy atom. The molecule has 0 amide bonds. The third-order valence-electron chi connectivity index (χ3n) is 1.71. The lowest BCUT2D eigenvalue weighted by Crippen LogP contribution is -2.09. The second kappa shape index (κ2) is 4.67. The van der Waals surface area contributed by atoms with Crippen molar-refractivity contribution in [3.63, 3.8) is 0 Å². The van der Waals surface area contributed by atoms with Crippen LogP contribution in [0.25, 0.3) is 5.76 Å². The highest BCUT2D eigenvalue weighted by Gasteiger charge is 2.12. The number of aliphatic carboxylic acids is 1. The molecule has 16 heavy (non-hydrogen) atoms. The van der Waals surface area contributed by atoms with E-state index in [4.69, 9.17) is 21.8 Å². The third-order valence-corrected chi connectivity index (χ3v) is 2.02. The van der Waals surface area contributed by atoms with Gasteiger partial charge in [0.05, 0.1) is 5.02 Å². The number of hydrogen-bond donors (Lipinski definition) is 3. The van der Waals surface area contributed by atoms with Gasteiger partial charge in [0.25, 0.3) is 5.78 Å². The van der Waals surface area contributed by atoms with Crippen molar-refractivity contribution in [3.8, 4) is 5.75 Å². The summed E-state index contributed by atoms with van der Waals surface area (Å²) >= 11 is 5.67. The summed E-state index contributed by atoms with van der Waals surface area (Å²) in [6.07, 6.45) is 0.542. The molecule has 0 radical (unpaired) electrons. The summed E-state index contributed by atoms with van der Waals surface area (Å²) < 4.78 is 0. The van der Waals surface area contributed by atoms with Gasteiger partial charge in [0.15, 0.2) is 0 Å². The smallest absolute Gasteiger partial charge is 0.376 e. The second-order valence-electron chi connectivity index (χ2n) is 2.86. The molecule has 1 aromatic rings. The van der Waals surface area contributed by atoms with Crippen molar-refractivity contribution < 1.29 is 24.9 Å². The van der Waals surface area contributed by atoms with E-state index in [9.17, 15) is 14.7 Å². The molecular formula is C10H7ClO5. The van der Waals surface area contributed by atoms with Gasteiger partial charge in [0.1, 0.15) is 11.5 Å². The Kier molecular flexibility index (Phi) is 3.52. The van der Waals surface area contributed by atoms with E-state index in [1.165, 1.54) is 12.1 Å². The van der Waals surface area contributed by atoms with Gasteiger partial charge in [-0.15, -0.1) is 0 Å². The first-order chi connectivity index (χ1) is 7.41. The number of benzene rings is 1. The monoisotopic (exact) mass is 242 g/mol. The summed E-state index contributed by atoms with van der Waals surface area (Å²) in [5.41, 5.74) is 0.0640. The number of hydrogen-bond acceptors (Lipinski definition) is 4. The Bertz CT molecular complexity index is 478. The summed E-state index contributed by atoms with van der Waals surface area (Å²) in [4.78, 5) is 21.0. The fraction of sp³-hybridized carbons (Fsp3) is 0. The maximum Gasteiger partial charge on any atom is 0.376 e. The average molecular weight is 243 g/mol. The van der Waals surface area contributed by atoms with Crippen LogP contribution in [-0.4, -0.2) is 27.1 Å². The van der Waals surface area contributed by atoms with E-state index in [1.807, 2.05) is 0 Å². The van der Waals surface area contributed by atoms with Gasteiger partial charge in [-0.05, 0) is 18.2 Å². The highest BCUT2D eigenvalue weighted by molar-refractivity contribution is 6.39. The molecule has 0 spiro atoms. The van der Waals surface area contributed by atoms with Crippen LogP contribution in [0.5, 0.6) is 5.75 Å². The number of aromatic hydroxyl groups is 1. The summed E-state index contributed by atoms with van der Waals surface area (Å²) in [7, 11) is 0. The van der Waals surface area contributed by atoms with E-state index < -0.39 is 17.5 Å². The number of phenols is 1. The molecule has 0 aliphatic carbocycles. The standard InChI is InChI=1S/C10H7ClO5/c11-7-3-5(12)1-2-6(7)8(13)4-9(14)10(15)16/h1-4,12-13H,(H,15,16)/b8-4-. The van der Waals surface area contributed by atoms with Gasteiger partial charge in [-0.2, -0.15) is 0 Å². The minimum absolute atomic E-state index is 0.00642. The van der Waals surface area contributed by atoms with Crippen LogP contribution in [0.3, 0.4) is 0 Å².